The normalized spacial score (nSPS) is 16.8. The van der Waals surface area contributed by atoms with E-state index in [1.54, 1.807) is 19.2 Å². The average Bonchev–Trinajstić information content (AvgIpc) is 2.54. The maximum absolute atomic E-state index is 12.7. The Morgan fingerprint density at radius 2 is 1.68 bits per heavy atom. The van der Waals surface area contributed by atoms with Crippen molar-refractivity contribution in [2.45, 2.75) is 24.7 Å². The van der Waals surface area contributed by atoms with Crippen LogP contribution < -0.4 is 5.32 Å². The van der Waals surface area contributed by atoms with E-state index in [0.717, 1.165) is 5.56 Å². The first kappa shape index (κ1) is 17.2. The summed E-state index contributed by atoms with van der Waals surface area (Å²) in [5.41, 5.74) is 1.14. The molecule has 122 valence electrons. The van der Waals surface area contributed by atoms with E-state index in [9.17, 15) is 8.42 Å². The summed E-state index contributed by atoms with van der Waals surface area (Å²) >= 11 is 5.19. The Morgan fingerprint density at radius 3 is 2.14 bits per heavy atom. The van der Waals surface area contributed by atoms with Gasteiger partial charge in [0.1, 0.15) is 0 Å². The van der Waals surface area contributed by atoms with Gasteiger partial charge in [0, 0.05) is 33.2 Å². The van der Waals surface area contributed by atoms with Crippen molar-refractivity contribution in [3.8, 4) is 0 Å². The van der Waals surface area contributed by atoms with Crippen LogP contribution in [0.5, 0.6) is 0 Å². The maximum atomic E-state index is 12.7. The Hall–Kier alpha value is -1.18. The van der Waals surface area contributed by atoms with Crippen LogP contribution in [0.3, 0.4) is 0 Å². The molecule has 0 atom stereocenters. The van der Waals surface area contributed by atoms with Crippen LogP contribution in [-0.2, 0) is 10.0 Å². The Bertz CT molecular complexity index is 619. The number of rotatable bonds is 3. The molecule has 1 aromatic carbocycles. The highest BCUT2D eigenvalue weighted by Gasteiger charge is 2.29. The minimum absolute atomic E-state index is 0.363. The largest absolute Gasteiger partial charge is 0.366 e. The highest BCUT2D eigenvalue weighted by Crippen LogP contribution is 2.21. The van der Waals surface area contributed by atoms with Crippen LogP contribution in [0.2, 0.25) is 0 Å². The number of nitrogens with zero attached hydrogens (tertiary/aromatic N) is 2. The van der Waals surface area contributed by atoms with Crippen molar-refractivity contribution < 1.29 is 8.42 Å². The third kappa shape index (κ3) is 3.59. The Kier molecular flexibility index (Phi) is 5.41. The molecule has 0 aliphatic carbocycles. The smallest absolute Gasteiger partial charge is 0.243 e. The number of thiocarbonyl (C=S) groups is 1. The average molecular weight is 342 g/mol. The minimum Gasteiger partial charge on any atom is -0.366 e. The van der Waals surface area contributed by atoms with Gasteiger partial charge >= 0.3 is 0 Å². The number of nitrogens with one attached hydrogen (secondary N) is 1. The molecule has 0 aromatic heterocycles. The van der Waals surface area contributed by atoms with E-state index < -0.39 is 10.0 Å². The van der Waals surface area contributed by atoms with Gasteiger partial charge in [0.2, 0.25) is 10.0 Å². The molecule has 1 saturated heterocycles. The SMILES string of the molecule is CNC(=S)N1CCN(S(=O)(=O)c2ccc(C(C)C)cc2)CC1. The third-order valence-electron chi connectivity index (χ3n) is 3.92. The first-order valence-corrected chi connectivity index (χ1v) is 9.28. The van der Waals surface area contributed by atoms with Gasteiger partial charge in [-0.15, -0.1) is 0 Å². The predicted molar refractivity (Wildman–Crippen MR) is 92.5 cm³/mol. The number of hydrogen-bond acceptors (Lipinski definition) is 3. The van der Waals surface area contributed by atoms with Crippen LogP contribution in [0.25, 0.3) is 0 Å². The number of sulfonamides is 1. The topological polar surface area (TPSA) is 52.6 Å². The highest BCUT2D eigenvalue weighted by atomic mass is 32.2. The molecule has 2 rings (SSSR count). The Morgan fingerprint density at radius 1 is 1.14 bits per heavy atom. The second kappa shape index (κ2) is 6.93. The lowest BCUT2D eigenvalue weighted by molar-refractivity contribution is 0.265. The zero-order valence-electron chi connectivity index (χ0n) is 13.2. The number of benzene rings is 1. The Balaban J connectivity index is 2.10. The predicted octanol–water partition coefficient (Wildman–Crippen LogP) is 1.62. The molecule has 7 heteroatoms. The summed E-state index contributed by atoms with van der Waals surface area (Å²) in [5.74, 6) is 0.392. The molecule has 1 fully saturated rings. The summed E-state index contributed by atoms with van der Waals surface area (Å²) in [4.78, 5) is 2.35. The lowest BCUT2D eigenvalue weighted by atomic mass is 10.0. The van der Waals surface area contributed by atoms with Crippen molar-refractivity contribution in [3.05, 3.63) is 29.8 Å². The van der Waals surface area contributed by atoms with Gasteiger partial charge in [-0.2, -0.15) is 4.31 Å². The number of piperazine rings is 1. The van der Waals surface area contributed by atoms with Crippen LogP contribution in [0, 0.1) is 0 Å². The van der Waals surface area contributed by atoms with Gasteiger partial charge < -0.3 is 10.2 Å². The molecule has 0 unspecified atom stereocenters. The van der Waals surface area contributed by atoms with Crippen molar-refractivity contribution in [2.24, 2.45) is 0 Å². The van der Waals surface area contributed by atoms with E-state index in [1.165, 1.54) is 4.31 Å². The van der Waals surface area contributed by atoms with E-state index in [-0.39, 0.29) is 0 Å². The van der Waals surface area contributed by atoms with E-state index in [1.807, 2.05) is 17.0 Å². The first-order chi connectivity index (χ1) is 10.4. The van der Waals surface area contributed by atoms with E-state index in [2.05, 4.69) is 19.2 Å². The molecule has 1 aliphatic heterocycles. The summed E-state index contributed by atoms with van der Waals surface area (Å²) in [5, 5.41) is 3.59. The minimum atomic E-state index is -3.42. The summed E-state index contributed by atoms with van der Waals surface area (Å²) in [6.07, 6.45) is 0. The van der Waals surface area contributed by atoms with Crippen LogP contribution in [0.15, 0.2) is 29.2 Å². The van der Waals surface area contributed by atoms with E-state index >= 15 is 0 Å². The van der Waals surface area contributed by atoms with Crippen LogP contribution in [-0.4, -0.2) is 56.0 Å². The van der Waals surface area contributed by atoms with Gasteiger partial charge in [0.25, 0.3) is 0 Å². The second-order valence-electron chi connectivity index (χ2n) is 5.67. The highest BCUT2D eigenvalue weighted by molar-refractivity contribution is 7.89. The molecule has 1 heterocycles. The summed E-state index contributed by atoms with van der Waals surface area (Å²) in [6, 6.07) is 7.19. The quantitative estimate of drug-likeness (QED) is 0.847. The molecule has 22 heavy (non-hydrogen) atoms. The van der Waals surface area contributed by atoms with Crippen molar-refractivity contribution in [1.29, 1.82) is 0 Å². The van der Waals surface area contributed by atoms with Gasteiger partial charge in [0.05, 0.1) is 4.90 Å². The fourth-order valence-electron chi connectivity index (χ4n) is 2.46. The molecule has 0 radical (unpaired) electrons. The first-order valence-electron chi connectivity index (χ1n) is 7.43. The Labute approximate surface area is 138 Å². The standard InChI is InChI=1S/C15H23N3O2S2/c1-12(2)13-4-6-14(7-5-13)22(19,20)18-10-8-17(9-11-18)15(21)16-3/h4-7,12H,8-11H2,1-3H3,(H,16,21). The van der Waals surface area contributed by atoms with Crippen molar-refractivity contribution >= 4 is 27.4 Å². The molecule has 0 bridgehead atoms. The summed E-state index contributed by atoms with van der Waals surface area (Å²) in [7, 11) is -1.64. The molecule has 1 aromatic rings. The zero-order valence-corrected chi connectivity index (χ0v) is 14.9. The van der Waals surface area contributed by atoms with Gasteiger partial charge in [-0.05, 0) is 35.8 Å². The van der Waals surface area contributed by atoms with Gasteiger partial charge in [0.15, 0.2) is 5.11 Å². The van der Waals surface area contributed by atoms with E-state index in [0.29, 0.717) is 42.1 Å². The van der Waals surface area contributed by atoms with Crippen LogP contribution in [0.1, 0.15) is 25.3 Å². The van der Waals surface area contributed by atoms with Gasteiger partial charge in [-0.3, -0.25) is 0 Å². The van der Waals surface area contributed by atoms with Gasteiger partial charge in [-0.1, -0.05) is 26.0 Å². The van der Waals surface area contributed by atoms with Gasteiger partial charge in [-0.25, -0.2) is 8.42 Å². The van der Waals surface area contributed by atoms with Crippen LogP contribution in [0.4, 0.5) is 0 Å². The summed E-state index contributed by atoms with van der Waals surface area (Å²) < 4.78 is 26.9. The molecule has 1 aliphatic rings. The monoisotopic (exact) mass is 341 g/mol. The third-order valence-corrected chi connectivity index (χ3v) is 6.30. The number of hydrogen-bond donors (Lipinski definition) is 1. The zero-order chi connectivity index (χ0) is 16.3. The molecule has 5 nitrogen and oxygen atoms in total. The molecule has 0 spiro atoms. The molecule has 1 N–H and O–H groups in total. The fourth-order valence-corrected chi connectivity index (χ4v) is 4.07. The second-order valence-corrected chi connectivity index (χ2v) is 7.99. The maximum Gasteiger partial charge on any atom is 0.243 e. The summed E-state index contributed by atoms with van der Waals surface area (Å²) in [6.45, 7) is 6.32. The molecule has 0 saturated carbocycles. The molecule has 0 amide bonds. The van der Waals surface area contributed by atoms with Crippen molar-refractivity contribution in [3.63, 3.8) is 0 Å². The van der Waals surface area contributed by atoms with Crippen molar-refractivity contribution in [2.75, 3.05) is 33.2 Å². The van der Waals surface area contributed by atoms with Crippen LogP contribution >= 0.6 is 12.2 Å². The lowest BCUT2D eigenvalue weighted by Gasteiger charge is -2.35. The lowest BCUT2D eigenvalue weighted by Crippen LogP contribution is -2.52. The van der Waals surface area contributed by atoms with E-state index in [4.69, 9.17) is 12.2 Å². The van der Waals surface area contributed by atoms with Crippen molar-refractivity contribution in [1.82, 2.24) is 14.5 Å². The molecular formula is C15H23N3O2S2. The molecular weight excluding hydrogens is 318 g/mol. The fraction of sp³-hybridized carbons (Fsp3) is 0.533.